The molecule has 2 rings (SSSR count). The van der Waals surface area contributed by atoms with E-state index in [1.165, 1.54) is 6.20 Å². The molecule has 0 spiro atoms. The highest BCUT2D eigenvalue weighted by Gasteiger charge is 2.10. The van der Waals surface area contributed by atoms with Crippen LogP contribution in [-0.2, 0) is 0 Å². The molecule has 0 radical (unpaired) electrons. The molecule has 0 saturated heterocycles. The van der Waals surface area contributed by atoms with Gasteiger partial charge in [0, 0.05) is 17.3 Å². The second-order valence-electron chi connectivity index (χ2n) is 5.81. The molecule has 0 aliphatic heterocycles. The molecule has 1 amide bonds. The molecule has 0 aliphatic rings. The van der Waals surface area contributed by atoms with Gasteiger partial charge in [0.05, 0.1) is 12.4 Å². The van der Waals surface area contributed by atoms with E-state index in [2.05, 4.69) is 34.4 Å². The lowest BCUT2D eigenvalue weighted by Crippen LogP contribution is -2.15. The molecular weight excluding hydrogens is 312 g/mol. The van der Waals surface area contributed by atoms with E-state index in [9.17, 15) is 4.79 Å². The zero-order valence-corrected chi connectivity index (χ0v) is 14.3. The largest absolute Gasteiger partial charge is 0.369 e. The zero-order chi connectivity index (χ0) is 16.8. The van der Waals surface area contributed by atoms with E-state index >= 15 is 0 Å². The third-order valence-electron chi connectivity index (χ3n) is 3.35. The highest BCUT2D eigenvalue weighted by atomic mass is 35.5. The maximum atomic E-state index is 12.2. The first-order chi connectivity index (χ1) is 11.0. The Balaban J connectivity index is 1.97. The summed E-state index contributed by atoms with van der Waals surface area (Å²) < 4.78 is 0. The Bertz CT molecular complexity index is 671. The van der Waals surface area contributed by atoms with Crippen LogP contribution in [0.5, 0.6) is 0 Å². The number of halogens is 1. The number of carbonyl (C=O) groups is 1. The Kier molecular flexibility index (Phi) is 5.93. The lowest BCUT2D eigenvalue weighted by atomic mass is 10.1. The molecule has 0 unspecified atom stereocenters. The standard InChI is InChI=1S/C17H21ClN4O/c1-11(2)6-7-19-16-10-20-15(9-21-16)17(23)22-14-5-4-13(18)8-12(14)3/h4-5,8-11H,6-7H2,1-3H3,(H,19,21)(H,22,23). The summed E-state index contributed by atoms with van der Waals surface area (Å²) in [5.74, 6) is 1.00. The van der Waals surface area contributed by atoms with Crippen molar-refractivity contribution in [2.75, 3.05) is 17.2 Å². The number of hydrogen-bond donors (Lipinski definition) is 2. The monoisotopic (exact) mass is 332 g/mol. The predicted molar refractivity (Wildman–Crippen MR) is 94.1 cm³/mol. The Labute approximate surface area is 141 Å². The van der Waals surface area contributed by atoms with Gasteiger partial charge in [-0.05, 0) is 43.0 Å². The predicted octanol–water partition coefficient (Wildman–Crippen LogP) is 4.15. The normalized spacial score (nSPS) is 10.7. The number of amides is 1. The van der Waals surface area contributed by atoms with Crippen LogP contribution in [0.1, 0.15) is 36.3 Å². The molecule has 2 N–H and O–H groups in total. The minimum absolute atomic E-state index is 0.272. The summed E-state index contributed by atoms with van der Waals surface area (Å²) >= 11 is 5.91. The Morgan fingerprint density at radius 2 is 2.04 bits per heavy atom. The maximum Gasteiger partial charge on any atom is 0.275 e. The molecule has 5 nitrogen and oxygen atoms in total. The van der Waals surface area contributed by atoms with E-state index in [-0.39, 0.29) is 11.6 Å². The number of aromatic nitrogens is 2. The fraction of sp³-hybridized carbons (Fsp3) is 0.353. The van der Waals surface area contributed by atoms with Gasteiger partial charge in [-0.3, -0.25) is 4.79 Å². The van der Waals surface area contributed by atoms with Crippen LogP contribution in [0.4, 0.5) is 11.5 Å². The summed E-state index contributed by atoms with van der Waals surface area (Å²) in [6.45, 7) is 7.05. The average molecular weight is 333 g/mol. The van der Waals surface area contributed by atoms with E-state index in [4.69, 9.17) is 11.6 Å². The minimum Gasteiger partial charge on any atom is -0.369 e. The highest BCUT2D eigenvalue weighted by Crippen LogP contribution is 2.20. The van der Waals surface area contributed by atoms with Gasteiger partial charge in [0.2, 0.25) is 0 Å². The first-order valence-corrected chi connectivity index (χ1v) is 7.97. The fourth-order valence-corrected chi connectivity index (χ4v) is 2.21. The van der Waals surface area contributed by atoms with Crippen molar-refractivity contribution in [3.8, 4) is 0 Å². The van der Waals surface area contributed by atoms with Crippen LogP contribution in [0.15, 0.2) is 30.6 Å². The van der Waals surface area contributed by atoms with E-state index in [1.807, 2.05) is 6.92 Å². The van der Waals surface area contributed by atoms with Crippen molar-refractivity contribution in [3.05, 3.63) is 46.9 Å². The van der Waals surface area contributed by atoms with Crippen molar-refractivity contribution in [1.82, 2.24) is 9.97 Å². The molecular formula is C17H21ClN4O. The molecule has 0 atom stereocenters. The molecule has 2 aromatic rings. The van der Waals surface area contributed by atoms with Crippen LogP contribution in [0.25, 0.3) is 0 Å². The molecule has 122 valence electrons. The molecule has 0 fully saturated rings. The third kappa shape index (κ3) is 5.21. The Morgan fingerprint density at radius 3 is 2.65 bits per heavy atom. The quantitative estimate of drug-likeness (QED) is 0.834. The summed E-state index contributed by atoms with van der Waals surface area (Å²) in [7, 11) is 0. The van der Waals surface area contributed by atoms with Gasteiger partial charge >= 0.3 is 0 Å². The molecule has 1 heterocycles. The topological polar surface area (TPSA) is 66.9 Å². The van der Waals surface area contributed by atoms with Gasteiger partial charge in [0.15, 0.2) is 0 Å². The highest BCUT2D eigenvalue weighted by molar-refractivity contribution is 6.30. The third-order valence-corrected chi connectivity index (χ3v) is 3.58. The molecule has 6 heteroatoms. The number of nitrogens with one attached hydrogen (secondary N) is 2. The van der Waals surface area contributed by atoms with Gasteiger partial charge in [-0.25, -0.2) is 9.97 Å². The van der Waals surface area contributed by atoms with Crippen molar-refractivity contribution in [3.63, 3.8) is 0 Å². The lowest BCUT2D eigenvalue weighted by Gasteiger charge is -2.09. The van der Waals surface area contributed by atoms with Crippen molar-refractivity contribution in [2.24, 2.45) is 5.92 Å². The van der Waals surface area contributed by atoms with Gasteiger partial charge in [-0.2, -0.15) is 0 Å². The number of carbonyl (C=O) groups excluding carboxylic acids is 1. The van der Waals surface area contributed by atoms with E-state index in [0.29, 0.717) is 22.4 Å². The van der Waals surface area contributed by atoms with Crippen LogP contribution in [0.3, 0.4) is 0 Å². The van der Waals surface area contributed by atoms with Crippen LogP contribution in [0, 0.1) is 12.8 Å². The summed E-state index contributed by atoms with van der Waals surface area (Å²) in [4.78, 5) is 20.6. The second kappa shape index (κ2) is 7.92. The number of benzene rings is 1. The fourth-order valence-electron chi connectivity index (χ4n) is 1.98. The number of aryl methyl sites for hydroxylation is 1. The number of hydrogen-bond acceptors (Lipinski definition) is 4. The second-order valence-corrected chi connectivity index (χ2v) is 6.25. The Morgan fingerprint density at radius 1 is 1.26 bits per heavy atom. The van der Waals surface area contributed by atoms with Crippen molar-refractivity contribution >= 4 is 29.0 Å². The van der Waals surface area contributed by atoms with E-state index in [1.54, 1.807) is 24.4 Å². The lowest BCUT2D eigenvalue weighted by molar-refractivity contribution is 0.102. The smallest absolute Gasteiger partial charge is 0.275 e. The summed E-state index contributed by atoms with van der Waals surface area (Å²) in [5.41, 5.74) is 1.87. The first-order valence-electron chi connectivity index (χ1n) is 7.59. The number of anilines is 2. The van der Waals surface area contributed by atoms with Gasteiger partial charge in [0.25, 0.3) is 5.91 Å². The Hall–Kier alpha value is -2.14. The molecule has 1 aromatic heterocycles. The number of nitrogens with zero attached hydrogens (tertiary/aromatic N) is 2. The molecule has 23 heavy (non-hydrogen) atoms. The van der Waals surface area contributed by atoms with Crippen molar-refractivity contribution < 1.29 is 4.79 Å². The number of rotatable bonds is 6. The van der Waals surface area contributed by atoms with Crippen molar-refractivity contribution in [1.29, 1.82) is 0 Å². The zero-order valence-electron chi connectivity index (χ0n) is 13.6. The molecule has 0 bridgehead atoms. The van der Waals surface area contributed by atoms with Gasteiger partial charge in [-0.15, -0.1) is 0 Å². The average Bonchev–Trinajstić information content (AvgIpc) is 2.50. The van der Waals surface area contributed by atoms with Gasteiger partial charge in [0.1, 0.15) is 11.5 Å². The van der Waals surface area contributed by atoms with Crippen LogP contribution >= 0.6 is 11.6 Å². The summed E-state index contributed by atoms with van der Waals surface area (Å²) in [6.07, 6.45) is 4.10. The van der Waals surface area contributed by atoms with Gasteiger partial charge < -0.3 is 10.6 Å². The molecule has 0 saturated carbocycles. The molecule has 1 aromatic carbocycles. The van der Waals surface area contributed by atoms with E-state index in [0.717, 1.165) is 18.5 Å². The van der Waals surface area contributed by atoms with Crippen LogP contribution < -0.4 is 10.6 Å². The molecule has 0 aliphatic carbocycles. The minimum atomic E-state index is -0.295. The maximum absolute atomic E-state index is 12.2. The van der Waals surface area contributed by atoms with Crippen LogP contribution in [0.2, 0.25) is 5.02 Å². The first kappa shape index (κ1) is 17.2. The summed E-state index contributed by atoms with van der Waals surface area (Å²) in [6, 6.07) is 5.30. The summed E-state index contributed by atoms with van der Waals surface area (Å²) in [5, 5.41) is 6.63. The van der Waals surface area contributed by atoms with E-state index < -0.39 is 0 Å². The van der Waals surface area contributed by atoms with Crippen LogP contribution in [-0.4, -0.2) is 22.4 Å². The SMILES string of the molecule is Cc1cc(Cl)ccc1NC(=O)c1cnc(NCCC(C)C)cn1. The van der Waals surface area contributed by atoms with Gasteiger partial charge in [-0.1, -0.05) is 25.4 Å². The van der Waals surface area contributed by atoms with Crippen molar-refractivity contribution in [2.45, 2.75) is 27.2 Å².